The standard InChI is InChI=1S/C17H15F2NO/c1-20(12-14-8-9-15(18)11-16(14)19)17(21)10-7-13-5-3-2-4-6-13/h2-11H,12H2,1H3/b10-7+. The van der Waals surface area contributed by atoms with E-state index in [1.807, 2.05) is 30.3 Å². The van der Waals surface area contributed by atoms with Gasteiger partial charge in [0.1, 0.15) is 11.6 Å². The second-order valence-electron chi connectivity index (χ2n) is 4.67. The molecule has 108 valence electrons. The average molecular weight is 287 g/mol. The molecule has 4 heteroatoms. The minimum atomic E-state index is -0.651. The molecule has 0 aliphatic carbocycles. The molecule has 0 aromatic heterocycles. The van der Waals surface area contributed by atoms with Gasteiger partial charge in [-0.3, -0.25) is 4.79 Å². The average Bonchev–Trinajstić information content (AvgIpc) is 2.48. The van der Waals surface area contributed by atoms with Gasteiger partial charge >= 0.3 is 0 Å². The van der Waals surface area contributed by atoms with Crippen LogP contribution >= 0.6 is 0 Å². The monoisotopic (exact) mass is 287 g/mol. The number of carbonyl (C=O) groups is 1. The van der Waals surface area contributed by atoms with Crippen molar-refractivity contribution in [2.45, 2.75) is 6.54 Å². The fourth-order valence-corrected chi connectivity index (χ4v) is 1.84. The maximum atomic E-state index is 13.5. The van der Waals surface area contributed by atoms with Crippen LogP contribution < -0.4 is 0 Å². The Balaban J connectivity index is 2.01. The summed E-state index contributed by atoms with van der Waals surface area (Å²) >= 11 is 0. The molecule has 1 amide bonds. The Kier molecular flexibility index (Phi) is 4.82. The molecule has 0 spiro atoms. The van der Waals surface area contributed by atoms with Crippen LogP contribution in [-0.4, -0.2) is 17.9 Å². The number of nitrogens with zero attached hydrogens (tertiary/aromatic N) is 1. The largest absolute Gasteiger partial charge is 0.338 e. The van der Waals surface area contributed by atoms with Crippen molar-refractivity contribution in [3.05, 3.63) is 77.4 Å². The van der Waals surface area contributed by atoms with Gasteiger partial charge in [0.25, 0.3) is 0 Å². The summed E-state index contributed by atoms with van der Waals surface area (Å²) in [6, 6.07) is 12.7. The molecular weight excluding hydrogens is 272 g/mol. The lowest BCUT2D eigenvalue weighted by atomic mass is 10.2. The predicted molar refractivity (Wildman–Crippen MR) is 78.3 cm³/mol. The Bertz CT molecular complexity index is 653. The summed E-state index contributed by atoms with van der Waals surface area (Å²) in [5.74, 6) is -1.53. The van der Waals surface area contributed by atoms with Gasteiger partial charge in [-0.05, 0) is 17.7 Å². The number of hydrogen-bond acceptors (Lipinski definition) is 1. The highest BCUT2D eigenvalue weighted by molar-refractivity contribution is 5.91. The minimum absolute atomic E-state index is 0.0874. The molecule has 21 heavy (non-hydrogen) atoms. The van der Waals surface area contributed by atoms with E-state index in [0.717, 1.165) is 11.6 Å². The van der Waals surface area contributed by atoms with E-state index in [-0.39, 0.29) is 18.0 Å². The van der Waals surface area contributed by atoms with Crippen LogP contribution in [0.5, 0.6) is 0 Å². The van der Waals surface area contributed by atoms with Crippen molar-refractivity contribution in [1.82, 2.24) is 4.90 Å². The Morgan fingerprint density at radius 3 is 2.52 bits per heavy atom. The molecule has 0 saturated heterocycles. The van der Waals surface area contributed by atoms with E-state index in [0.29, 0.717) is 0 Å². The van der Waals surface area contributed by atoms with Crippen molar-refractivity contribution in [1.29, 1.82) is 0 Å². The maximum Gasteiger partial charge on any atom is 0.246 e. The number of benzene rings is 2. The minimum Gasteiger partial charge on any atom is -0.338 e. The maximum absolute atomic E-state index is 13.5. The molecule has 0 aliphatic heterocycles. The first-order valence-electron chi connectivity index (χ1n) is 6.48. The second kappa shape index (κ2) is 6.79. The Morgan fingerprint density at radius 1 is 1.14 bits per heavy atom. The lowest BCUT2D eigenvalue weighted by molar-refractivity contribution is -0.125. The fraction of sp³-hybridized carbons (Fsp3) is 0.118. The van der Waals surface area contributed by atoms with Gasteiger partial charge in [0.15, 0.2) is 0 Å². The SMILES string of the molecule is CN(Cc1ccc(F)cc1F)C(=O)/C=C/c1ccccc1. The van der Waals surface area contributed by atoms with Gasteiger partial charge in [-0.1, -0.05) is 36.4 Å². The summed E-state index contributed by atoms with van der Waals surface area (Å²) in [6.45, 7) is 0.0874. The van der Waals surface area contributed by atoms with Crippen molar-refractivity contribution in [2.75, 3.05) is 7.05 Å². The topological polar surface area (TPSA) is 20.3 Å². The van der Waals surface area contributed by atoms with Crippen LogP contribution in [0.2, 0.25) is 0 Å². The van der Waals surface area contributed by atoms with Crippen LogP contribution in [0.3, 0.4) is 0 Å². The molecule has 0 fully saturated rings. The Hall–Kier alpha value is -2.49. The van der Waals surface area contributed by atoms with Crippen LogP contribution in [0.15, 0.2) is 54.6 Å². The summed E-state index contributed by atoms with van der Waals surface area (Å²) in [5, 5.41) is 0. The molecule has 2 rings (SSSR count). The molecule has 2 nitrogen and oxygen atoms in total. The number of halogens is 2. The molecule has 2 aromatic carbocycles. The van der Waals surface area contributed by atoms with E-state index < -0.39 is 11.6 Å². The van der Waals surface area contributed by atoms with E-state index in [1.54, 1.807) is 13.1 Å². The van der Waals surface area contributed by atoms with Crippen molar-refractivity contribution in [2.24, 2.45) is 0 Å². The van der Waals surface area contributed by atoms with E-state index >= 15 is 0 Å². The van der Waals surface area contributed by atoms with Crippen LogP contribution in [0.1, 0.15) is 11.1 Å². The van der Waals surface area contributed by atoms with Gasteiger partial charge in [-0.15, -0.1) is 0 Å². The molecule has 0 heterocycles. The molecule has 0 bridgehead atoms. The lowest BCUT2D eigenvalue weighted by Gasteiger charge is -2.15. The zero-order valence-corrected chi connectivity index (χ0v) is 11.6. The Labute approximate surface area is 122 Å². The van der Waals surface area contributed by atoms with Crippen LogP contribution in [0.25, 0.3) is 6.08 Å². The van der Waals surface area contributed by atoms with E-state index in [1.165, 1.54) is 23.1 Å². The smallest absolute Gasteiger partial charge is 0.246 e. The van der Waals surface area contributed by atoms with Gasteiger partial charge in [-0.25, -0.2) is 8.78 Å². The molecule has 2 aromatic rings. The quantitative estimate of drug-likeness (QED) is 0.786. The molecule has 0 aliphatic rings. The van der Waals surface area contributed by atoms with Crippen LogP contribution in [0.4, 0.5) is 8.78 Å². The summed E-state index contributed by atoms with van der Waals surface area (Å²) in [6.07, 6.45) is 3.12. The Morgan fingerprint density at radius 2 is 1.86 bits per heavy atom. The summed E-state index contributed by atoms with van der Waals surface area (Å²) in [7, 11) is 1.57. The van der Waals surface area contributed by atoms with Gasteiger partial charge in [0.05, 0.1) is 0 Å². The van der Waals surface area contributed by atoms with Gasteiger partial charge in [-0.2, -0.15) is 0 Å². The van der Waals surface area contributed by atoms with E-state index in [2.05, 4.69) is 0 Å². The molecule has 0 saturated carbocycles. The number of amides is 1. The first-order valence-corrected chi connectivity index (χ1v) is 6.48. The summed E-state index contributed by atoms with van der Waals surface area (Å²) in [5.41, 5.74) is 1.19. The van der Waals surface area contributed by atoms with Crippen molar-refractivity contribution >= 4 is 12.0 Å². The molecule has 0 atom stereocenters. The van der Waals surface area contributed by atoms with Gasteiger partial charge < -0.3 is 4.90 Å². The first kappa shape index (κ1) is 14.9. The van der Waals surface area contributed by atoms with Crippen molar-refractivity contribution < 1.29 is 13.6 Å². The number of likely N-dealkylation sites (N-methyl/N-ethyl adjacent to an activating group) is 1. The highest BCUT2D eigenvalue weighted by Gasteiger charge is 2.10. The second-order valence-corrected chi connectivity index (χ2v) is 4.67. The summed E-state index contributed by atoms with van der Waals surface area (Å²) < 4.78 is 26.3. The molecule has 0 N–H and O–H groups in total. The highest BCUT2D eigenvalue weighted by atomic mass is 19.1. The zero-order valence-electron chi connectivity index (χ0n) is 11.6. The molecule has 0 unspecified atom stereocenters. The third kappa shape index (κ3) is 4.24. The number of rotatable bonds is 4. The van der Waals surface area contributed by atoms with E-state index in [9.17, 15) is 13.6 Å². The first-order chi connectivity index (χ1) is 10.1. The van der Waals surface area contributed by atoms with Gasteiger partial charge in [0, 0.05) is 31.3 Å². The molecular formula is C17H15F2NO. The normalized spacial score (nSPS) is 10.8. The summed E-state index contributed by atoms with van der Waals surface area (Å²) in [4.78, 5) is 13.3. The van der Waals surface area contributed by atoms with Crippen LogP contribution in [-0.2, 0) is 11.3 Å². The number of hydrogen-bond donors (Lipinski definition) is 0. The van der Waals surface area contributed by atoms with Gasteiger partial charge in [0.2, 0.25) is 5.91 Å². The molecule has 0 radical (unpaired) electrons. The zero-order chi connectivity index (χ0) is 15.2. The lowest BCUT2D eigenvalue weighted by Crippen LogP contribution is -2.24. The highest BCUT2D eigenvalue weighted by Crippen LogP contribution is 2.12. The van der Waals surface area contributed by atoms with E-state index in [4.69, 9.17) is 0 Å². The fourth-order valence-electron chi connectivity index (χ4n) is 1.84. The predicted octanol–water partition coefficient (Wildman–Crippen LogP) is 3.64. The number of carbonyl (C=O) groups excluding carboxylic acids is 1. The van der Waals surface area contributed by atoms with Crippen molar-refractivity contribution in [3.8, 4) is 0 Å². The van der Waals surface area contributed by atoms with Crippen molar-refractivity contribution in [3.63, 3.8) is 0 Å². The van der Waals surface area contributed by atoms with Crippen LogP contribution in [0, 0.1) is 11.6 Å². The third-order valence-corrected chi connectivity index (χ3v) is 3.02. The third-order valence-electron chi connectivity index (χ3n) is 3.02.